The van der Waals surface area contributed by atoms with Crippen molar-refractivity contribution >= 4 is 22.4 Å². The van der Waals surface area contributed by atoms with Crippen molar-refractivity contribution in [3.63, 3.8) is 0 Å². The van der Waals surface area contributed by atoms with Crippen LogP contribution in [0.1, 0.15) is 5.82 Å². The standard InChI is InChI=1S/C14H10ClN3/c1-9-16-14(15)13(18-17-9)12-8-4-6-10-5-2-3-7-11(10)12/h2-8H,1H3. The molecule has 3 rings (SSSR count). The van der Waals surface area contributed by atoms with Gasteiger partial charge in [-0.15, -0.1) is 10.2 Å². The first-order chi connectivity index (χ1) is 8.75. The molecular weight excluding hydrogens is 246 g/mol. The molecule has 0 radical (unpaired) electrons. The number of fused-ring (bicyclic) bond motifs is 1. The zero-order valence-corrected chi connectivity index (χ0v) is 10.5. The molecule has 0 fully saturated rings. The van der Waals surface area contributed by atoms with Crippen LogP contribution in [0.15, 0.2) is 42.5 Å². The second-order valence-corrected chi connectivity index (χ2v) is 4.38. The van der Waals surface area contributed by atoms with Gasteiger partial charge in [-0.2, -0.15) is 0 Å². The average Bonchev–Trinajstić information content (AvgIpc) is 2.38. The Hall–Kier alpha value is -2.00. The van der Waals surface area contributed by atoms with Gasteiger partial charge in [-0.3, -0.25) is 0 Å². The molecule has 18 heavy (non-hydrogen) atoms. The first kappa shape index (κ1) is 11.1. The van der Waals surface area contributed by atoms with Crippen molar-refractivity contribution in [1.82, 2.24) is 15.2 Å². The summed E-state index contributed by atoms with van der Waals surface area (Å²) in [6.45, 7) is 1.77. The van der Waals surface area contributed by atoms with E-state index in [-0.39, 0.29) is 0 Å². The van der Waals surface area contributed by atoms with Crippen molar-refractivity contribution in [2.24, 2.45) is 0 Å². The molecule has 0 atom stereocenters. The maximum absolute atomic E-state index is 6.15. The van der Waals surface area contributed by atoms with Crippen molar-refractivity contribution in [3.05, 3.63) is 53.4 Å². The van der Waals surface area contributed by atoms with E-state index in [0.717, 1.165) is 16.3 Å². The van der Waals surface area contributed by atoms with Crippen LogP contribution in [0.2, 0.25) is 5.15 Å². The minimum absolute atomic E-state index is 0.388. The molecule has 2 aromatic carbocycles. The lowest BCUT2D eigenvalue weighted by atomic mass is 10.0. The number of hydrogen-bond acceptors (Lipinski definition) is 3. The predicted molar refractivity (Wildman–Crippen MR) is 72.5 cm³/mol. The third kappa shape index (κ3) is 1.83. The molecule has 0 aliphatic carbocycles. The largest absolute Gasteiger partial charge is 0.217 e. The number of hydrogen-bond donors (Lipinski definition) is 0. The first-order valence-electron chi connectivity index (χ1n) is 5.60. The maximum Gasteiger partial charge on any atom is 0.159 e. The summed E-state index contributed by atoms with van der Waals surface area (Å²) in [5.74, 6) is 0.573. The van der Waals surface area contributed by atoms with Gasteiger partial charge in [0.2, 0.25) is 0 Å². The van der Waals surface area contributed by atoms with Gasteiger partial charge in [0.1, 0.15) is 11.5 Å². The van der Waals surface area contributed by atoms with Crippen LogP contribution in [0.4, 0.5) is 0 Å². The number of aryl methyl sites for hydroxylation is 1. The fourth-order valence-corrected chi connectivity index (χ4v) is 2.24. The molecule has 1 aromatic heterocycles. The molecule has 0 N–H and O–H groups in total. The van der Waals surface area contributed by atoms with Gasteiger partial charge in [0.05, 0.1) is 0 Å². The molecule has 0 aliphatic heterocycles. The maximum atomic E-state index is 6.15. The number of halogens is 1. The van der Waals surface area contributed by atoms with E-state index in [0.29, 0.717) is 16.7 Å². The third-order valence-electron chi connectivity index (χ3n) is 2.79. The van der Waals surface area contributed by atoms with E-state index in [1.807, 2.05) is 30.3 Å². The fraction of sp³-hybridized carbons (Fsp3) is 0.0714. The van der Waals surface area contributed by atoms with Gasteiger partial charge < -0.3 is 0 Å². The molecular formula is C14H10ClN3. The average molecular weight is 256 g/mol. The topological polar surface area (TPSA) is 38.7 Å². The van der Waals surface area contributed by atoms with Crippen LogP contribution in [-0.2, 0) is 0 Å². The highest BCUT2D eigenvalue weighted by Gasteiger charge is 2.10. The lowest BCUT2D eigenvalue weighted by molar-refractivity contribution is 0.915. The summed E-state index contributed by atoms with van der Waals surface area (Å²) in [5.41, 5.74) is 1.58. The van der Waals surface area contributed by atoms with Gasteiger partial charge in [0.15, 0.2) is 5.15 Å². The highest BCUT2D eigenvalue weighted by Crippen LogP contribution is 2.30. The molecule has 0 unspecified atom stereocenters. The van der Waals surface area contributed by atoms with Crippen LogP contribution in [0.3, 0.4) is 0 Å². The molecule has 1 heterocycles. The lowest BCUT2D eigenvalue weighted by Gasteiger charge is -2.06. The Morgan fingerprint density at radius 1 is 0.944 bits per heavy atom. The summed E-state index contributed by atoms with van der Waals surface area (Å²) in [5, 5.41) is 10.8. The summed E-state index contributed by atoms with van der Waals surface area (Å²) in [6, 6.07) is 14.1. The van der Waals surface area contributed by atoms with Crippen molar-refractivity contribution in [3.8, 4) is 11.3 Å². The summed E-state index contributed by atoms with van der Waals surface area (Å²) in [4.78, 5) is 4.15. The molecule has 0 saturated heterocycles. The molecule has 0 amide bonds. The lowest BCUT2D eigenvalue weighted by Crippen LogP contribution is -1.96. The third-order valence-corrected chi connectivity index (χ3v) is 3.06. The molecule has 0 bridgehead atoms. The van der Waals surface area contributed by atoms with Gasteiger partial charge >= 0.3 is 0 Å². The molecule has 3 nitrogen and oxygen atoms in total. The first-order valence-corrected chi connectivity index (χ1v) is 5.98. The quantitative estimate of drug-likeness (QED) is 0.666. The van der Waals surface area contributed by atoms with Crippen molar-refractivity contribution in [2.75, 3.05) is 0 Å². The molecule has 0 saturated carbocycles. The second kappa shape index (κ2) is 4.35. The van der Waals surface area contributed by atoms with Crippen LogP contribution < -0.4 is 0 Å². The summed E-state index contributed by atoms with van der Waals surface area (Å²) in [7, 11) is 0. The van der Waals surface area contributed by atoms with Gasteiger partial charge in [-0.25, -0.2) is 4.98 Å². The summed E-state index contributed by atoms with van der Waals surface area (Å²) >= 11 is 6.15. The smallest absolute Gasteiger partial charge is 0.159 e. The Labute approximate surface area is 109 Å². The molecule has 0 aliphatic rings. The summed E-state index contributed by atoms with van der Waals surface area (Å²) < 4.78 is 0. The molecule has 4 heteroatoms. The highest BCUT2D eigenvalue weighted by molar-refractivity contribution is 6.32. The van der Waals surface area contributed by atoms with Gasteiger partial charge in [-0.1, -0.05) is 54.1 Å². The molecule has 88 valence electrons. The Kier molecular flexibility index (Phi) is 2.68. The van der Waals surface area contributed by atoms with Crippen molar-refractivity contribution < 1.29 is 0 Å². The second-order valence-electron chi connectivity index (χ2n) is 4.03. The Morgan fingerprint density at radius 3 is 2.56 bits per heavy atom. The van der Waals surface area contributed by atoms with Gasteiger partial charge in [-0.05, 0) is 17.7 Å². The zero-order valence-electron chi connectivity index (χ0n) is 9.76. The van der Waals surface area contributed by atoms with Crippen molar-refractivity contribution in [1.29, 1.82) is 0 Å². The van der Waals surface area contributed by atoms with E-state index in [2.05, 4.69) is 27.3 Å². The van der Waals surface area contributed by atoms with Crippen molar-refractivity contribution in [2.45, 2.75) is 6.92 Å². The number of nitrogens with zero attached hydrogens (tertiary/aromatic N) is 3. The number of rotatable bonds is 1. The van der Waals surface area contributed by atoms with Gasteiger partial charge in [0.25, 0.3) is 0 Å². The monoisotopic (exact) mass is 255 g/mol. The minimum Gasteiger partial charge on any atom is -0.217 e. The van der Waals surface area contributed by atoms with E-state index in [4.69, 9.17) is 11.6 Å². The van der Waals surface area contributed by atoms with Crippen LogP contribution >= 0.6 is 11.6 Å². The minimum atomic E-state index is 0.388. The van der Waals surface area contributed by atoms with Crippen LogP contribution in [0.25, 0.3) is 22.0 Å². The Balaban J connectivity index is 2.31. The van der Waals surface area contributed by atoms with E-state index >= 15 is 0 Å². The highest BCUT2D eigenvalue weighted by atomic mass is 35.5. The number of aromatic nitrogens is 3. The van der Waals surface area contributed by atoms with Crippen LogP contribution in [0.5, 0.6) is 0 Å². The SMILES string of the molecule is Cc1nnc(-c2cccc3ccccc23)c(Cl)n1. The van der Waals surface area contributed by atoms with E-state index < -0.39 is 0 Å². The van der Waals surface area contributed by atoms with E-state index in [1.165, 1.54) is 0 Å². The van der Waals surface area contributed by atoms with E-state index in [9.17, 15) is 0 Å². The van der Waals surface area contributed by atoms with Crippen LogP contribution in [-0.4, -0.2) is 15.2 Å². The zero-order chi connectivity index (χ0) is 12.5. The van der Waals surface area contributed by atoms with Crippen LogP contribution in [0, 0.1) is 6.92 Å². The number of benzene rings is 2. The Morgan fingerprint density at radius 2 is 1.72 bits per heavy atom. The normalized spacial score (nSPS) is 10.8. The van der Waals surface area contributed by atoms with E-state index in [1.54, 1.807) is 6.92 Å². The molecule has 0 spiro atoms. The fourth-order valence-electron chi connectivity index (χ4n) is 1.98. The molecule has 3 aromatic rings. The van der Waals surface area contributed by atoms with Gasteiger partial charge in [0, 0.05) is 5.56 Å². The summed E-state index contributed by atoms with van der Waals surface area (Å²) in [6.07, 6.45) is 0. The Bertz CT molecular complexity index is 720. The predicted octanol–water partition coefficient (Wildman–Crippen LogP) is 3.65.